The van der Waals surface area contributed by atoms with Gasteiger partial charge in [-0.1, -0.05) is 0 Å². The van der Waals surface area contributed by atoms with Crippen LogP contribution in [0.25, 0.3) is 0 Å². The molecule has 1 aromatic rings. The molecule has 1 aromatic carbocycles. The van der Waals surface area contributed by atoms with Crippen LogP contribution in [0.15, 0.2) is 18.2 Å². The average molecular weight is 310 g/mol. The number of fused-ring (bicyclic) bond motifs is 1. The van der Waals surface area contributed by atoms with Gasteiger partial charge >= 0.3 is 0 Å². The lowest BCUT2D eigenvalue weighted by Gasteiger charge is -2.41. The van der Waals surface area contributed by atoms with E-state index in [9.17, 15) is 13.2 Å². The zero-order chi connectivity index (χ0) is 15.1. The zero-order valence-corrected chi connectivity index (χ0v) is 12.6. The van der Waals surface area contributed by atoms with Crippen molar-refractivity contribution >= 4 is 21.5 Å². The molecule has 0 atom stereocenters. The molecule has 2 aliphatic heterocycles. The largest absolute Gasteiger partial charge is 0.486 e. The number of nitrogens with one attached hydrogen (secondary N) is 2. The lowest BCUT2D eigenvalue weighted by molar-refractivity contribution is 0.0188. The number of hydrogen-bond acceptors (Lipinski definition) is 5. The molecule has 6 nitrogen and oxygen atoms in total. The van der Waals surface area contributed by atoms with E-state index in [1.54, 1.807) is 18.2 Å². The van der Waals surface area contributed by atoms with E-state index in [1.807, 2.05) is 0 Å². The number of carbonyl (C=O) groups excluding carboxylic acids is 1. The summed E-state index contributed by atoms with van der Waals surface area (Å²) in [5.74, 6) is 0.533. The normalized spacial score (nSPS) is 20.7. The molecular weight excluding hydrogens is 292 g/mol. The number of ether oxygens (including phenoxy) is 1. The molecule has 3 rings (SSSR count). The minimum absolute atomic E-state index is 0.0593. The van der Waals surface area contributed by atoms with Gasteiger partial charge in [0.05, 0.1) is 23.9 Å². The Balaban J connectivity index is 1.93. The van der Waals surface area contributed by atoms with Gasteiger partial charge in [0.1, 0.15) is 11.4 Å². The predicted molar refractivity (Wildman–Crippen MR) is 79.3 cm³/mol. The second-order valence-electron chi connectivity index (χ2n) is 5.72. The molecule has 0 radical (unpaired) electrons. The van der Waals surface area contributed by atoms with Crippen LogP contribution in [0.2, 0.25) is 0 Å². The smallest absolute Gasteiger partial charge is 0.229 e. The second-order valence-corrected chi connectivity index (χ2v) is 7.47. The highest BCUT2D eigenvalue weighted by atomic mass is 32.2. The molecule has 0 bridgehead atoms. The number of carbonyl (C=O) groups is 1. The summed E-state index contributed by atoms with van der Waals surface area (Å²) in [5, 5.41) is 3.25. The quantitative estimate of drug-likeness (QED) is 0.856. The number of piperidine rings is 1. The first kappa shape index (κ1) is 14.3. The Morgan fingerprint density at radius 1 is 1.29 bits per heavy atom. The first-order valence-corrected chi connectivity index (χ1v) is 8.81. The summed E-state index contributed by atoms with van der Waals surface area (Å²) in [4.78, 5) is 12.3. The molecule has 0 aliphatic carbocycles. The van der Waals surface area contributed by atoms with E-state index in [4.69, 9.17) is 4.74 Å². The summed E-state index contributed by atoms with van der Waals surface area (Å²) in [6, 6.07) is 4.80. The van der Waals surface area contributed by atoms with Crippen LogP contribution in [0.4, 0.5) is 5.69 Å². The predicted octanol–water partition coefficient (Wildman–Crippen LogP) is 1.15. The highest BCUT2D eigenvalue weighted by Crippen LogP contribution is 2.39. The molecule has 0 unspecified atom stereocenters. The van der Waals surface area contributed by atoms with E-state index in [-0.39, 0.29) is 5.78 Å². The molecule has 2 heterocycles. The topological polar surface area (TPSA) is 84.5 Å². The third kappa shape index (κ3) is 3.03. The van der Waals surface area contributed by atoms with Gasteiger partial charge in [0.15, 0.2) is 5.78 Å². The van der Waals surface area contributed by atoms with Gasteiger partial charge in [-0.3, -0.25) is 9.52 Å². The molecule has 1 spiro atoms. The summed E-state index contributed by atoms with van der Waals surface area (Å²) in [5.41, 5.74) is 0.493. The van der Waals surface area contributed by atoms with E-state index in [2.05, 4.69) is 10.0 Å². The minimum atomic E-state index is -3.35. The van der Waals surface area contributed by atoms with Gasteiger partial charge in [-0.15, -0.1) is 0 Å². The van der Waals surface area contributed by atoms with Gasteiger partial charge in [0.25, 0.3) is 0 Å². The number of anilines is 1. The molecule has 1 saturated heterocycles. The van der Waals surface area contributed by atoms with Crippen molar-refractivity contribution in [2.75, 3.05) is 24.1 Å². The van der Waals surface area contributed by atoms with Crippen molar-refractivity contribution in [2.24, 2.45) is 0 Å². The highest BCUT2D eigenvalue weighted by Gasteiger charge is 2.41. The van der Waals surface area contributed by atoms with E-state index >= 15 is 0 Å². The number of hydrogen-bond donors (Lipinski definition) is 2. The Morgan fingerprint density at radius 2 is 2.00 bits per heavy atom. The monoisotopic (exact) mass is 310 g/mol. The first-order chi connectivity index (χ1) is 9.87. The van der Waals surface area contributed by atoms with Crippen LogP contribution in [-0.4, -0.2) is 39.1 Å². The fourth-order valence-electron chi connectivity index (χ4n) is 2.93. The third-order valence-corrected chi connectivity index (χ3v) is 4.52. The minimum Gasteiger partial charge on any atom is -0.486 e. The van der Waals surface area contributed by atoms with Gasteiger partial charge in [0, 0.05) is 18.9 Å². The van der Waals surface area contributed by atoms with Crippen molar-refractivity contribution in [1.82, 2.24) is 5.32 Å². The number of benzene rings is 1. The Labute approximate surface area is 123 Å². The fourth-order valence-corrected chi connectivity index (χ4v) is 3.49. The molecule has 7 heteroatoms. The standard InChI is InChI=1S/C14H18N2O4S/c1-21(18,19)16-10-2-3-11-12(17)9-14(20-13(11)8-10)4-6-15-7-5-14/h2-3,8,15-16H,4-7,9H2,1H3. The molecule has 21 heavy (non-hydrogen) atoms. The number of sulfonamides is 1. The van der Waals surface area contributed by atoms with Crippen molar-refractivity contribution < 1.29 is 17.9 Å². The summed E-state index contributed by atoms with van der Waals surface area (Å²) < 4.78 is 31.1. The van der Waals surface area contributed by atoms with Crippen molar-refractivity contribution in [3.8, 4) is 5.75 Å². The first-order valence-electron chi connectivity index (χ1n) is 6.92. The molecule has 2 N–H and O–H groups in total. The van der Waals surface area contributed by atoms with Crippen LogP contribution in [-0.2, 0) is 10.0 Å². The van der Waals surface area contributed by atoms with Crippen molar-refractivity contribution in [1.29, 1.82) is 0 Å². The fraction of sp³-hybridized carbons (Fsp3) is 0.500. The van der Waals surface area contributed by atoms with Crippen LogP contribution in [0.1, 0.15) is 29.6 Å². The lowest BCUT2D eigenvalue weighted by Crippen LogP contribution is -2.49. The van der Waals surface area contributed by atoms with E-state index in [0.717, 1.165) is 32.2 Å². The summed E-state index contributed by atoms with van der Waals surface area (Å²) in [6.07, 6.45) is 3.04. The molecule has 114 valence electrons. The molecule has 1 fully saturated rings. The van der Waals surface area contributed by atoms with Crippen LogP contribution in [0.5, 0.6) is 5.75 Å². The average Bonchev–Trinajstić information content (AvgIpc) is 2.37. The zero-order valence-electron chi connectivity index (χ0n) is 11.8. The maximum Gasteiger partial charge on any atom is 0.229 e. The van der Waals surface area contributed by atoms with Crippen molar-refractivity contribution in [2.45, 2.75) is 24.9 Å². The van der Waals surface area contributed by atoms with Crippen LogP contribution >= 0.6 is 0 Å². The number of Topliss-reactive ketones (excluding diaryl/α,β-unsaturated/α-hetero) is 1. The van der Waals surface area contributed by atoms with Crippen molar-refractivity contribution in [3.05, 3.63) is 23.8 Å². The lowest BCUT2D eigenvalue weighted by atomic mass is 9.83. The Hall–Kier alpha value is -1.60. The molecule has 2 aliphatic rings. The second kappa shape index (κ2) is 4.99. The molecule has 0 aromatic heterocycles. The van der Waals surface area contributed by atoms with Gasteiger partial charge in [-0.05, 0) is 25.2 Å². The van der Waals surface area contributed by atoms with Crippen LogP contribution in [0, 0.1) is 0 Å². The van der Waals surface area contributed by atoms with Gasteiger partial charge in [0.2, 0.25) is 10.0 Å². The molecule has 0 saturated carbocycles. The van der Waals surface area contributed by atoms with E-state index in [0.29, 0.717) is 23.4 Å². The van der Waals surface area contributed by atoms with Gasteiger partial charge in [-0.25, -0.2) is 8.42 Å². The summed E-state index contributed by atoms with van der Waals surface area (Å²) >= 11 is 0. The van der Waals surface area contributed by atoms with E-state index in [1.165, 1.54) is 0 Å². The summed E-state index contributed by atoms with van der Waals surface area (Å²) in [6.45, 7) is 1.65. The SMILES string of the molecule is CS(=O)(=O)Nc1ccc2c(c1)OC1(CCNCC1)CC2=O. The van der Waals surface area contributed by atoms with Crippen LogP contribution in [0.3, 0.4) is 0 Å². The maximum atomic E-state index is 12.3. The third-order valence-electron chi connectivity index (χ3n) is 3.91. The number of rotatable bonds is 2. The highest BCUT2D eigenvalue weighted by molar-refractivity contribution is 7.92. The Kier molecular flexibility index (Phi) is 3.41. The van der Waals surface area contributed by atoms with Crippen molar-refractivity contribution in [3.63, 3.8) is 0 Å². The van der Waals surface area contributed by atoms with E-state index < -0.39 is 15.6 Å². The van der Waals surface area contributed by atoms with Crippen LogP contribution < -0.4 is 14.8 Å². The van der Waals surface area contributed by atoms with Gasteiger partial charge in [-0.2, -0.15) is 0 Å². The Morgan fingerprint density at radius 3 is 2.67 bits per heavy atom. The number of ketones is 1. The molecule has 0 amide bonds. The molecular formula is C14H18N2O4S. The summed E-state index contributed by atoms with van der Waals surface area (Å²) in [7, 11) is -3.35. The maximum absolute atomic E-state index is 12.3. The Bertz CT molecular complexity index is 678. The van der Waals surface area contributed by atoms with Gasteiger partial charge < -0.3 is 10.1 Å².